The van der Waals surface area contributed by atoms with Crippen LogP contribution in [0.4, 0.5) is 0 Å². The molecule has 1 heterocycles. The molecule has 0 aromatic carbocycles. The van der Waals surface area contributed by atoms with Gasteiger partial charge in [-0.25, -0.2) is 0 Å². The van der Waals surface area contributed by atoms with Crippen LogP contribution in [0.2, 0.25) is 0 Å². The topological polar surface area (TPSA) is 43.4 Å². The predicted octanol–water partition coefficient (Wildman–Crippen LogP) is 0.288. The Morgan fingerprint density at radius 3 is 2.50 bits per heavy atom. The van der Waals surface area contributed by atoms with Crippen LogP contribution >= 0.6 is 0 Å². The summed E-state index contributed by atoms with van der Waals surface area (Å²) in [5, 5.41) is 0. The van der Waals surface area contributed by atoms with Crippen LogP contribution in [0, 0.1) is 6.61 Å². The van der Waals surface area contributed by atoms with Gasteiger partial charge >= 0.3 is 0 Å². The largest absolute Gasteiger partial charge is 0.267 e. The molecule has 3 nitrogen and oxygen atoms in total. The minimum absolute atomic E-state index is 0.170. The summed E-state index contributed by atoms with van der Waals surface area (Å²) in [6.45, 7) is 1.33. The molecule has 1 saturated heterocycles. The van der Waals surface area contributed by atoms with Gasteiger partial charge in [-0.1, -0.05) is 0 Å². The smallest absolute Gasteiger partial charge is 0.264 e. The van der Waals surface area contributed by atoms with E-state index < -0.39 is 10.1 Å². The van der Waals surface area contributed by atoms with Gasteiger partial charge in [0.1, 0.15) is 6.61 Å². The Hall–Kier alpha value is -0.0900. The van der Waals surface area contributed by atoms with Crippen LogP contribution in [-0.2, 0) is 14.3 Å². The standard InChI is InChI=1S/C4H7O3S/c5-8(6)4-2-1-3-7-8/h3H,1-2,4H2. The van der Waals surface area contributed by atoms with Gasteiger partial charge in [0.25, 0.3) is 10.1 Å². The quantitative estimate of drug-likeness (QED) is 0.448. The zero-order valence-corrected chi connectivity index (χ0v) is 5.15. The third-order valence-corrected chi connectivity index (χ3v) is 2.15. The van der Waals surface area contributed by atoms with Crippen molar-refractivity contribution in [1.82, 2.24) is 0 Å². The van der Waals surface area contributed by atoms with Crippen LogP contribution < -0.4 is 0 Å². The van der Waals surface area contributed by atoms with Crippen LogP contribution in [0.1, 0.15) is 12.8 Å². The average molecular weight is 135 g/mol. The Morgan fingerprint density at radius 1 is 1.50 bits per heavy atom. The molecule has 8 heavy (non-hydrogen) atoms. The van der Waals surface area contributed by atoms with Gasteiger partial charge in [-0.2, -0.15) is 8.42 Å². The van der Waals surface area contributed by atoms with Crippen molar-refractivity contribution in [3.63, 3.8) is 0 Å². The fourth-order valence-electron chi connectivity index (χ4n) is 0.543. The molecule has 1 rings (SSSR count). The van der Waals surface area contributed by atoms with Crippen molar-refractivity contribution in [2.75, 3.05) is 5.75 Å². The van der Waals surface area contributed by atoms with Gasteiger partial charge in [-0.05, 0) is 12.8 Å². The molecule has 47 valence electrons. The monoisotopic (exact) mass is 135 g/mol. The van der Waals surface area contributed by atoms with Crippen LogP contribution in [-0.4, -0.2) is 14.2 Å². The van der Waals surface area contributed by atoms with E-state index in [1.807, 2.05) is 0 Å². The predicted molar refractivity (Wildman–Crippen MR) is 28.4 cm³/mol. The summed E-state index contributed by atoms with van der Waals surface area (Å²) in [4.78, 5) is 0. The Bertz CT molecular complexity index is 146. The van der Waals surface area contributed by atoms with Gasteiger partial charge in [0, 0.05) is 0 Å². The second-order valence-electron chi connectivity index (χ2n) is 1.67. The van der Waals surface area contributed by atoms with Gasteiger partial charge < -0.3 is 0 Å². The summed E-state index contributed by atoms with van der Waals surface area (Å²) in [6, 6.07) is 0. The fourth-order valence-corrected chi connectivity index (χ4v) is 1.46. The average Bonchev–Trinajstić information content (AvgIpc) is 1.65. The Labute approximate surface area is 48.8 Å². The van der Waals surface area contributed by atoms with Crippen molar-refractivity contribution in [2.24, 2.45) is 0 Å². The lowest BCUT2D eigenvalue weighted by atomic mass is 10.4. The SMILES string of the molecule is O=S1(=O)CCC[CH]O1. The van der Waals surface area contributed by atoms with Crippen molar-refractivity contribution >= 4 is 10.1 Å². The Kier molecular flexibility index (Phi) is 1.53. The molecule has 0 N–H and O–H groups in total. The molecule has 4 heteroatoms. The highest BCUT2D eigenvalue weighted by atomic mass is 32.2. The number of rotatable bonds is 0. The van der Waals surface area contributed by atoms with Gasteiger partial charge in [-0.15, -0.1) is 0 Å². The minimum Gasteiger partial charge on any atom is -0.264 e. The second kappa shape index (κ2) is 2.03. The molecule has 0 aliphatic carbocycles. The van der Waals surface area contributed by atoms with E-state index in [2.05, 4.69) is 4.18 Å². The van der Waals surface area contributed by atoms with Gasteiger partial charge in [0.15, 0.2) is 0 Å². The van der Waals surface area contributed by atoms with E-state index >= 15 is 0 Å². The molecular formula is C4H7O3S. The maximum Gasteiger partial charge on any atom is 0.267 e. The third kappa shape index (κ3) is 1.45. The normalized spacial score (nSPS) is 27.5. The first-order valence-corrected chi connectivity index (χ1v) is 4.01. The molecule has 0 spiro atoms. The van der Waals surface area contributed by atoms with Crippen molar-refractivity contribution in [3.8, 4) is 0 Å². The van der Waals surface area contributed by atoms with E-state index in [0.717, 1.165) is 6.42 Å². The van der Waals surface area contributed by atoms with Crippen molar-refractivity contribution in [1.29, 1.82) is 0 Å². The zero-order chi connectivity index (χ0) is 6.04. The molecule has 1 fully saturated rings. The molecular weight excluding hydrogens is 128 g/mol. The van der Waals surface area contributed by atoms with Crippen LogP contribution in [0.15, 0.2) is 0 Å². The summed E-state index contributed by atoms with van der Waals surface area (Å²) < 4.78 is 25.1. The maximum absolute atomic E-state index is 10.4. The summed E-state index contributed by atoms with van der Waals surface area (Å²) >= 11 is 0. The van der Waals surface area contributed by atoms with E-state index in [-0.39, 0.29) is 5.75 Å². The van der Waals surface area contributed by atoms with E-state index in [1.54, 1.807) is 0 Å². The molecule has 0 amide bonds. The summed E-state index contributed by atoms with van der Waals surface area (Å²) in [7, 11) is -3.14. The zero-order valence-electron chi connectivity index (χ0n) is 4.33. The third-order valence-electron chi connectivity index (χ3n) is 0.931. The molecule has 0 aromatic rings. The van der Waals surface area contributed by atoms with Crippen LogP contribution in [0.5, 0.6) is 0 Å². The van der Waals surface area contributed by atoms with Crippen molar-refractivity contribution < 1.29 is 12.6 Å². The lowest BCUT2D eigenvalue weighted by molar-refractivity contribution is 0.360. The van der Waals surface area contributed by atoms with Gasteiger partial charge in [-0.3, -0.25) is 4.18 Å². The first kappa shape index (κ1) is 6.04. The highest BCUT2D eigenvalue weighted by Gasteiger charge is 2.15. The van der Waals surface area contributed by atoms with Gasteiger partial charge in [0.2, 0.25) is 0 Å². The summed E-state index contributed by atoms with van der Waals surface area (Å²) in [5.74, 6) is 0.170. The van der Waals surface area contributed by atoms with Crippen molar-refractivity contribution in [3.05, 3.63) is 6.61 Å². The molecule has 0 atom stereocenters. The van der Waals surface area contributed by atoms with Crippen LogP contribution in [0.3, 0.4) is 0 Å². The summed E-state index contributed by atoms with van der Waals surface area (Å²) in [6.07, 6.45) is 1.45. The minimum atomic E-state index is -3.14. The molecule has 1 radical (unpaired) electrons. The van der Waals surface area contributed by atoms with E-state index in [9.17, 15) is 8.42 Å². The molecule has 0 aromatic heterocycles. The van der Waals surface area contributed by atoms with E-state index in [1.165, 1.54) is 6.61 Å². The highest BCUT2D eigenvalue weighted by molar-refractivity contribution is 7.86. The first-order valence-electron chi connectivity index (χ1n) is 2.43. The lowest BCUT2D eigenvalue weighted by Crippen LogP contribution is -2.13. The van der Waals surface area contributed by atoms with Gasteiger partial charge in [0.05, 0.1) is 5.75 Å². The second-order valence-corrected chi connectivity index (χ2v) is 3.38. The maximum atomic E-state index is 10.4. The Balaban J connectivity index is 2.58. The van der Waals surface area contributed by atoms with E-state index in [4.69, 9.17) is 0 Å². The van der Waals surface area contributed by atoms with Crippen LogP contribution in [0.25, 0.3) is 0 Å². The first-order chi connectivity index (χ1) is 3.71. The molecule has 0 bridgehead atoms. The molecule has 1 aliphatic heterocycles. The summed E-state index contributed by atoms with van der Waals surface area (Å²) in [5.41, 5.74) is 0. The number of hydrogen-bond donors (Lipinski definition) is 0. The van der Waals surface area contributed by atoms with E-state index in [0.29, 0.717) is 6.42 Å². The fraction of sp³-hybridized carbons (Fsp3) is 0.750. The van der Waals surface area contributed by atoms with Crippen molar-refractivity contribution in [2.45, 2.75) is 12.8 Å². The molecule has 0 saturated carbocycles. The Morgan fingerprint density at radius 2 is 2.25 bits per heavy atom. The highest BCUT2D eigenvalue weighted by Crippen LogP contribution is 2.10. The lowest BCUT2D eigenvalue weighted by Gasteiger charge is -2.08. The molecule has 0 unspecified atom stereocenters. The number of hydrogen-bond acceptors (Lipinski definition) is 3. The molecule has 1 aliphatic rings.